The maximum atomic E-state index is 6.31. The lowest BCUT2D eigenvalue weighted by molar-refractivity contribution is 0.0578. The summed E-state index contributed by atoms with van der Waals surface area (Å²) < 4.78 is 9.77. The number of hydrogen-bond donors (Lipinski definition) is 0. The molecule has 4 rings (SSSR count). The first-order chi connectivity index (χ1) is 15.5. The summed E-state index contributed by atoms with van der Waals surface area (Å²) in [4.78, 5) is 2.38. The van der Waals surface area contributed by atoms with E-state index in [1.54, 1.807) is 11.3 Å². The first-order valence-corrected chi connectivity index (χ1v) is 13.2. The molecule has 0 aliphatic rings. The van der Waals surface area contributed by atoms with Gasteiger partial charge < -0.3 is 4.74 Å². The van der Waals surface area contributed by atoms with Gasteiger partial charge in [0.1, 0.15) is 0 Å². The van der Waals surface area contributed by atoms with E-state index in [0.29, 0.717) is 13.2 Å². The lowest BCUT2D eigenvalue weighted by atomic mass is 10.0. The molecule has 0 aliphatic heterocycles. The van der Waals surface area contributed by atoms with E-state index in [0.717, 1.165) is 31.6 Å². The van der Waals surface area contributed by atoms with Crippen LogP contribution in [-0.4, -0.2) is 24.6 Å². The fourth-order valence-electron chi connectivity index (χ4n) is 3.78. The second kappa shape index (κ2) is 11.3. The minimum absolute atomic E-state index is 0.247. The lowest BCUT2D eigenvalue weighted by Crippen LogP contribution is -2.37. The fraction of sp³-hybridized carbons (Fsp3) is 0.231. The van der Waals surface area contributed by atoms with Gasteiger partial charge in [-0.05, 0) is 64.8 Å². The Kier molecular flexibility index (Phi) is 8.43. The van der Waals surface area contributed by atoms with Crippen molar-refractivity contribution in [2.45, 2.75) is 25.6 Å². The maximum Gasteiger partial charge on any atom is 0.0766 e. The summed E-state index contributed by atoms with van der Waals surface area (Å²) in [5.74, 6) is 0. The molecule has 0 fully saturated rings. The Morgan fingerprint density at radius 3 is 2.53 bits per heavy atom. The zero-order valence-electron chi connectivity index (χ0n) is 17.7. The summed E-state index contributed by atoms with van der Waals surface area (Å²) in [7, 11) is 2.17. The molecule has 0 amide bonds. The number of likely N-dealkylation sites (N-methyl/N-ethyl adjacent to an activating group) is 1. The van der Waals surface area contributed by atoms with Crippen LogP contribution >= 0.6 is 54.8 Å². The number of thiophene rings is 1. The summed E-state index contributed by atoms with van der Waals surface area (Å²) in [6.45, 7) is 2.04. The first kappa shape index (κ1) is 23.9. The highest BCUT2D eigenvalue weighted by atomic mass is 79.9. The van der Waals surface area contributed by atoms with Crippen molar-refractivity contribution in [1.29, 1.82) is 0 Å². The lowest BCUT2D eigenvalue weighted by Gasteiger charge is -2.28. The Labute approximate surface area is 215 Å². The van der Waals surface area contributed by atoms with Gasteiger partial charge in [-0.25, -0.2) is 0 Å². The zero-order chi connectivity index (χ0) is 22.5. The van der Waals surface area contributed by atoms with Gasteiger partial charge >= 0.3 is 0 Å². The molecule has 1 aromatic heterocycles. The molecular formula is C26H24Br2ClNOS. The minimum Gasteiger partial charge on any atom is -0.375 e. The van der Waals surface area contributed by atoms with Gasteiger partial charge in [-0.1, -0.05) is 76.1 Å². The molecule has 0 N–H and O–H groups in total. The van der Waals surface area contributed by atoms with Gasteiger partial charge in [0.15, 0.2) is 0 Å². The van der Waals surface area contributed by atoms with Gasteiger partial charge in [0.05, 0.1) is 17.0 Å². The van der Waals surface area contributed by atoms with Crippen molar-refractivity contribution >= 4 is 64.9 Å². The van der Waals surface area contributed by atoms with Crippen molar-refractivity contribution in [3.8, 4) is 0 Å². The van der Waals surface area contributed by atoms with E-state index in [9.17, 15) is 0 Å². The number of fused-ring (bicyclic) bond motifs is 1. The van der Waals surface area contributed by atoms with E-state index < -0.39 is 0 Å². The van der Waals surface area contributed by atoms with Crippen LogP contribution in [0, 0.1) is 0 Å². The molecule has 1 heterocycles. The average Bonchev–Trinajstić information content (AvgIpc) is 3.09. The molecule has 6 heteroatoms. The van der Waals surface area contributed by atoms with E-state index in [-0.39, 0.29) is 6.04 Å². The molecule has 3 aromatic carbocycles. The largest absolute Gasteiger partial charge is 0.375 e. The van der Waals surface area contributed by atoms with Gasteiger partial charge in [0, 0.05) is 37.7 Å². The van der Waals surface area contributed by atoms with Crippen molar-refractivity contribution < 1.29 is 4.74 Å². The smallest absolute Gasteiger partial charge is 0.0766 e. The number of benzene rings is 3. The number of ether oxygens (including phenoxy) is 1. The first-order valence-electron chi connectivity index (χ1n) is 10.4. The van der Waals surface area contributed by atoms with Gasteiger partial charge in [-0.2, -0.15) is 0 Å². The Balaban J connectivity index is 1.48. The Hall–Kier alpha value is -1.21. The Bertz CT molecular complexity index is 1180. The van der Waals surface area contributed by atoms with E-state index in [2.05, 4.69) is 98.4 Å². The van der Waals surface area contributed by atoms with Crippen molar-refractivity contribution in [3.63, 3.8) is 0 Å². The summed E-state index contributed by atoms with van der Waals surface area (Å²) >= 11 is 15.4. The van der Waals surface area contributed by atoms with E-state index in [1.807, 2.05) is 18.2 Å². The molecule has 1 atom stereocenters. The fourth-order valence-corrected chi connectivity index (χ4v) is 6.12. The molecule has 32 heavy (non-hydrogen) atoms. The third kappa shape index (κ3) is 6.02. The number of rotatable bonds is 9. The van der Waals surface area contributed by atoms with E-state index in [4.69, 9.17) is 16.3 Å². The van der Waals surface area contributed by atoms with Gasteiger partial charge in [0.2, 0.25) is 0 Å². The molecule has 0 aliphatic carbocycles. The number of nitrogens with zero attached hydrogens (tertiary/aromatic N) is 1. The molecule has 0 spiro atoms. The second-order valence-electron chi connectivity index (χ2n) is 7.86. The third-order valence-corrected chi connectivity index (χ3v) is 8.55. The number of halogens is 3. The maximum absolute atomic E-state index is 6.31. The minimum atomic E-state index is 0.247. The molecule has 4 aromatic rings. The quantitative estimate of drug-likeness (QED) is 0.193. The van der Waals surface area contributed by atoms with Crippen molar-refractivity contribution in [1.82, 2.24) is 4.90 Å². The third-order valence-electron chi connectivity index (χ3n) is 5.58. The topological polar surface area (TPSA) is 12.5 Å². The average molecular weight is 594 g/mol. The molecule has 166 valence electrons. The molecule has 0 radical (unpaired) electrons. The highest BCUT2D eigenvalue weighted by Crippen LogP contribution is 2.37. The van der Waals surface area contributed by atoms with Crippen LogP contribution in [0.4, 0.5) is 0 Å². The molecule has 0 bridgehead atoms. The van der Waals surface area contributed by atoms with Crippen LogP contribution in [0.1, 0.15) is 16.7 Å². The van der Waals surface area contributed by atoms with Crippen molar-refractivity contribution in [2.75, 3.05) is 13.7 Å². The predicted octanol–water partition coefficient (Wildman–Crippen LogP) is 8.34. The van der Waals surface area contributed by atoms with Gasteiger partial charge in [-0.15, -0.1) is 11.3 Å². The summed E-state index contributed by atoms with van der Waals surface area (Å²) in [5, 5.41) is 1.91. The predicted molar refractivity (Wildman–Crippen MR) is 144 cm³/mol. The van der Waals surface area contributed by atoms with Crippen molar-refractivity contribution in [3.05, 3.63) is 103 Å². The highest BCUT2D eigenvalue weighted by molar-refractivity contribution is 9.11. The van der Waals surface area contributed by atoms with Crippen LogP contribution < -0.4 is 0 Å². The van der Waals surface area contributed by atoms with Crippen LogP contribution in [0.15, 0.2) is 81.1 Å². The Morgan fingerprint density at radius 2 is 1.75 bits per heavy atom. The molecule has 2 nitrogen and oxygen atoms in total. The van der Waals surface area contributed by atoms with E-state index >= 15 is 0 Å². The van der Waals surface area contributed by atoms with E-state index in [1.165, 1.54) is 21.4 Å². The molecule has 1 unspecified atom stereocenters. The van der Waals surface area contributed by atoms with Crippen molar-refractivity contribution in [2.24, 2.45) is 0 Å². The van der Waals surface area contributed by atoms with Crippen LogP contribution in [0.2, 0.25) is 5.02 Å². The monoisotopic (exact) mass is 591 g/mol. The Morgan fingerprint density at radius 1 is 1.00 bits per heavy atom. The summed E-state index contributed by atoms with van der Waals surface area (Å²) in [6.07, 6.45) is 0.930. The molecule has 0 saturated carbocycles. The second-order valence-corrected chi connectivity index (χ2v) is 11.5. The van der Waals surface area contributed by atoms with Crippen LogP contribution in [0.5, 0.6) is 0 Å². The summed E-state index contributed by atoms with van der Waals surface area (Å²) in [5.41, 5.74) is 3.75. The summed E-state index contributed by atoms with van der Waals surface area (Å²) in [6, 6.07) is 25.3. The van der Waals surface area contributed by atoms with Gasteiger partial charge in [-0.3, -0.25) is 4.90 Å². The SMILES string of the molecule is CN(Cc1ccccc1Br)C(COCc1c(Br)sc2ccc(Cl)cc12)Cc1ccccc1. The van der Waals surface area contributed by atoms with Crippen LogP contribution in [0.3, 0.4) is 0 Å². The van der Waals surface area contributed by atoms with Gasteiger partial charge in [0.25, 0.3) is 0 Å². The molecule has 0 saturated heterocycles. The molecular weight excluding hydrogens is 570 g/mol. The number of hydrogen-bond acceptors (Lipinski definition) is 3. The van der Waals surface area contributed by atoms with Crippen LogP contribution in [0.25, 0.3) is 10.1 Å². The standard InChI is InChI=1S/C26H24Br2ClNOS/c1-30(15-19-9-5-6-10-24(19)27)21(13-18-7-3-2-4-8-18)16-31-17-23-22-14-20(29)11-12-25(22)32-26(23)28/h2-12,14,21H,13,15-17H2,1H3. The zero-order valence-corrected chi connectivity index (χ0v) is 22.5. The highest BCUT2D eigenvalue weighted by Gasteiger charge is 2.18. The van der Waals surface area contributed by atoms with Crippen LogP contribution in [-0.2, 0) is 24.3 Å². The normalized spacial score (nSPS) is 12.5.